The van der Waals surface area contributed by atoms with Crippen LogP contribution in [0.1, 0.15) is 18.4 Å². The molecule has 5 heteroatoms. The molecule has 1 aliphatic heterocycles. The van der Waals surface area contributed by atoms with Crippen molar-refractivity contribution in [3.05, 3.63) is 30.1 Å². The van der Waals surface area contributed by atoms with Crippen molar-refractivity contribution < 1.29 is 4.21 Å². The minimum Gasteiger partial charge on any atom is -0.317 e. The van der Waals surface area contributed by atoms with E-state index in [0.29, 0.717) is 11.0 Å². The summed E-state index contributed by atoms with van der Waals surface area (Å²) in [5, 5.41) is 3.65. The van der Waals surface area contributed by atoms with Crippen LogP contribution in [0.25, 0.3) is 0 Å². The molecule has 16 heavy (non-hydrogen) atoms. The van der Waals surface area contributed by atoms with Crippen LogP contribution in [0, 0.1) is 0 Å². The molecular formula is C11H17ClN2OS. The highest BCUT2D eigenvalue weighted by atomic mass is 35.5. The van der Waals surface area contributed by atoms with Crippen LogP contribution < -0.4 is 5.32 Å². The number of hydrogen-bond donors (Lipinski definition) is 1. The van der Waals surface area contributed by atoms with Crippen molar-refractivity contribution in [3.8, 4) is 0 Å². The van der Waals surface area contributed by atoms with Gasteiger partial charge in [0.25, 0.3) is 0 Å². The SMILES string of the molecule is Cl.O=S(Cc1cccnc1)C1CCNCC1. The van der Waals surface area contributed by atoms with Gasteiger partial charge in [0.15, 0.2) is 0 Å². The third-order valence-corrected chi connectivity index (χ3v) is 4.52. The molecule has 2 rings (SSSR count). The van der Waals surface area contributed by atoms with Gasteiger partial charge < -0.3 is 5.32 Å². The zero-order valence-corrected chi connectivity index (χ0v) is 10.7. The van der Waals surface area contributed by atoms with Gasteiger partial charge in [-0.05, 0) is 37.6 Å². The highest BCUT2D eigenvalue weighted by molar-refractivity contribution is 7.84. The molecule has 0 aliphatic carbocycles. The summed E-state index contributed by atoms with van der Waals surface area (Å²) in [6.45, 7) is 2.01. The average Bonchev–Trinajstić information content (AvgIpc) is 2.31. The van der Waals surface area contributed by atoms with E-state index >= 15 is 0 Å². The van der Waals surface area contributed by atoms with Gasteiger partial charge in [-0.15, -0.1) is 12.4 Å². The minimum absolute atomic E-state index is 0. The number of piperidine rings is 1. The number of aromatic nitrogens is 1. The molecule has 0 aromatic carbocycles. The largest absolute Gasteiger partial charge is 0.317 e. The van der Waals surface area contributed by atoms with Gasteiger partial charge in [-0.2, -0.15) is 0 Å². The predicted octanol–water partition coefficient (Wildman–Crippen LogP) is 1.50. The van der Waals surface area contributed by atoms with Crippen LogP contribution in [0.3, 0.4) is 0 Å². The highest BCUT2D eigenvalue weighted by Gasteiger charge is 2.19. The molecule has 0 radical (unpaired) electrons. The van der Waals surface area contributed by atoms with Gasteiger partial charge in [0.05, 0.1) is 5.75 Å². The quantitative estimate of drug-likeness (QED) is 0.896. The van der Waals surface area contributed by atoms with Crippen molar-refractivity contribution >= 4 is 23.2 Å². The first-order valence-electron chi connectivity index (χ1n) is 5.33. The molecule has 1 atom stereocenters. The molecule has 1 aromatic rings. The molecule has 2 heterocycles. The van der Waals surface area contributed by atoms with Gasteiger partial charge >= 0.3 is 0 Å². The van der Waals surface area contributed by atoms with Crippen molar-refractivity contribution in [3.63, 3.8) is 0 Å². The van der Waals surface area contributed by atoms with Crippen molar-refractivity contribution in [1.82, 2.24) is 10.3 Å². The van der Waals surface area contributed by atoms with Crippen LogP contribution in [-0.2, 0) is 16.6 Å². The Labute approximate surface area is 105 Å². The van der Waals surface area contributed by atoms with Crippen LogP contribution in [0.2, 0.25) is 0 Å². The first kappa shape index (κ1) is 13.6. The van der Waals surface area contributed by atoms with E-state index in [0.717, 1.165) is 31.5 Å². The third kappa shape index (κ3) is 3.85. The minimum atomic E-state index is -0.737. The average molecular weight is 261 g/mol. The molecule has 1 aliphatic rings. The molecule has 1 aromatic heterocycles. The molecule has 1 fully saturated rings. The van der Waals surface area contributed by atoms with Gasteiger partial charge in [0.2, 0.25) is 0 Å². The van der Waals surface area contributed by atoms with Crippen LogP contribution in [0.5, 0.6) is 0 Å². The summed E-state index contributed by atoms with van der Waals surface area (Å²) < 4.78 is 12.0. The van der Waals surface area contributed by atoms with E-state index < -0.39 is 10.8 Å². The lowest BCUT2D eigenvalue weighted by Crippen LogP contribution is -2.33. The summed E-state index contributed by atoms with van der Waals surface area (Å²) in [7, 11) is -0.737. The zero-order valence-electron chi connectivity index (χ0n) is 9.09. The lowest BCUT2D eigenvalue weighted by molar-refractivity contribution is 0.519. The lowest BCUT2D eigenvalue weighted by Gasteiger charge is -2.21. The Morgan fingerprint density at radius 3 is 2.81 bits per heavy atom. The Morgan fingerprint density at radius 2 is 2.19 bits per heavy atom. The number of pyridine rings is 1. The summed E-state index contributed by atoms with van der Waals surface area (Å²) in [6.07, 6.45) is 5.62. The topological polar surface area (TPSA) is 42.0 Å². The van der Waals surface area contributed by atoms with Crippen molar-refractivity contribution in [2.75, 3.05) is 13.1 Å². The fourth-order valence-electron chi connectivity index (χ4n) is 1.82. The number of rotatable bonds is 3. The van der Waals surface area contributed by atoms with E-state index in [-0.39, 0.29) is 12.4 Å². The Morgan fingerprint density at radius 1 is 1.44 bits per heavy atom. The molecule has 0 saturated carbocycles. The maximum absolute atomic E-state index is 12.0. The third-order valence-electron chi connectivity index (χ3n) is 2.69. The molecule has 90 valence electrons. The van der Waals surface area contributed by atoms with Gasteiger partial charge in [-0.3, -0.25) is 9.19 Å². The Hall–Kier alpha value is -0.450. The van der Waals surface area contributed by atoms with Crippen LogP contribution in [0.4, 0.5) is 0 Å². The Bertz CT molecular complexity index is 328. The van der Waals surface area contributed by atoms with Crippen molar-refractivity contribution in [2.24, 2.45) is 0 Å². The number of hydrogen-bond acceptors (Lipinski definition) is 3. The molecule has 1 unspecified atom stereocenters. The maximum atomic E-state index is 12.0. The summed E-state index contributed by atoms with van der Waals surface area (Å²) in [5.74, 6) is 0.651. The normalized spacial score (nSPS) is 18.8. The van der Waals surface area contributed by atoms with Gasteiger partial charge in [-0.1, -0.05) is 6.07 Å². The van der Waals surface area contributed by atoms with Gasteiger partial charge in [0, 0.05) is 28.4 Å². The highest BCUT2D eigenvalue weighted by Crippen LogP contribution is 2.14. The number of halogens is 1. The Balaban J connectivity index is 0.00000128. The van der Waals surface area contributed by atoms with Gasteiger partial charge in [-0.25, -0.2) is 0 Å². The van der Waals surface area contributed by atoms with Crippen molar-refractivity contribution in [2.45, 2.75) is 23.8 Å². The predicted molar refractivity (Wildman–Crippen MR) is 69.2 cm³/mol. The van der Waals surface area contributed by atoms with E-state index in [1.165, 1.54) is 0 Å². The molecule has 0 bridgehead atoms. The van der Waals surface area contributed by atoms with E-state index in [9.17, 15) is 4.21 Å². The van der Waals surface area contributed by atoms with E-state index in [2.05, 4.69) is 10.3 Å². The standard InChI is InChI=1S/C11H16N2OS.ClH/c14-15(11-3-6-12-7-4-11)9-10-2-1-5-13-8-10;/h1-2,5,8,11-12H,3-4,6-7,9H2;1H. The Kier molecular flexibility index (Phi) is 5.95. The van der Waals surface area contributed by atoms with Crippen LogP contribution >= 0.6 is 12.4 Å². The second kappa shape index (κ2) is 6.99. The van der Waals surface area contributed by atoms with Crippen LogP contribution in [-0.4, -0.2) is 27.5 Å². The molecule has 1 saturated heterocycles. The van der Waals surface area contributed by atoms with E-state index in [1.807, 2.05) is 12.1 Å². The molecular weight excluding hydrogens is 244 g/mol. The second-order valence-corrected chi connectivity index (χ2v) is 5.55. The zero-order chi connectivity index (χ0) is 10.5. The summed E-state index contributed by atoms with van der Waals surface area (Å²) in [4.78, 5) is 4.04. The summed E-state index contributed by atoms with van der Waals surface area (Å²) >= 11 is 0. The summed E-state index contributed by atoms with van der Waals surface area (Å²) in [5.41, 5.74) is 1.08. The van der Waals surface area contributed by atoms with Gasteiger partial charge in [0.1, 0.15) is 0 Å². The monoisotopic (exact) mass is 260 g/mol. The fraction of sp³-hybridized carbons (Fsp3) is 0.545. The molecule has 1 N–H and O–H groups in total. The van der Waals surface area contributed by atoms with E-state index in [4.69, 9.17) is 0 Å². The number of nitrogens with zero attached hydrogens (tertiary/aromatic N) is 1. The first-order chi connectivity index (χ1) is 7.36. The number of nitrogens with one attached hydrogen (secondary N) is 1. The smallest absolute Gasteiger partial charge is 0.0503 e. The van der Waals surface area contributed by atoms with E-state index in [1.54, 1.807) is 12.4 Å². The molecule has 0 spiro atoms. The summed E-state index contributed by atoms with van der Waals surface area (Å²) in [6, 6.07) is 3.89. The second-order valence-electron chi connectivity index (χ2n) is 3.84. The molecule has 3 nitrogen and oxygen atoms in total. The first-order valence-corrected chi connectivity index (χ1v) is 6.71. The van der Waals surface area contributed by atoms with Crippen LogP contribution in [0.15, 0.2) is 24.5 Å². The molecule has 0 amide bonds. The maximum Gasteiger partial charge on any atom is 0.0503 e. The fourth-order valence-corrected chi connectivity index (χ4v) is 3.32. The lowest BCUT2D eigenvalue weighted by atomic mass is 10.2. The van der Waals surface area contributed by atoms with Crippen molar-refractivity contribution in [1.29, 1.82) is 0 Å².